The summed E-state index contributed by atoms with van der Waals surface area (Å²) in [4.78, 5) is 11.7. The summed E-state index contributed by atoms with van der Waals surface area (Å²) in [5, 5.41) is 15.2. The second-order valence-corrected chi connectivity index (χ2v) is 5.59. The minimum atomic E-state index is -0.514. The number of hydrogen-bond donors (Lipinski definition) is 3. The molecule has 98 valence electrons. The van der Waals surface area contributed by atoms with Crippen LogP contribution < -0.4 is 10.6 Å². The van der Waals surface area contributed by atoms with E-state index in [4.69, 9.17) is 12.2 Å². The van der Waals surface area contributed by atoms with Gasteiger partial charge in [0, 0.05) is 5.41 Å². The van der Waals surface area contributed by atoms with Crippen LogP contribution in [-0.2, 0) is 4.79 Å². The van der Waals surface area contributed by atoms with E-state index in [-0.39, 0.29) is 16.8 Å². The Balaban J connectivity index is 2.71. The molecule has 0 spiro atoms. The minimum absolute atomic E-state index is 0.0907. The maximum Gasteiger partial charge on any atom is 0.231 e. The lowest BCUT2D eigenvalue weighted by Crippen LogP contribution is -2.41. The number of thiocarbonyl (C=S) groups is 1. The molecule has 0 aliphatic carbocycles. The highest BCUT2D eigenvalue weighted by Crippen LogP contribution is 2.23. The van der Waals surface area contributed by atoms with Gasteiger partial charge in [0.2, 0.25) is 5.91 Å². The van der Waals surface area contributed by atoms with Gasteiger partial charge >= 0.3 is 0 Å². The second kappa shape index (κ2) is 5.35. The number of amides is 1. The maximum atomic E-state index is 11.7. The first-order valence-electron chi connectivity index (χ1n) is 5.62. The number of aryl methyl sites for hydroxylation is 1. The Kier molecular flexibility index (Phi) is 4.29. The van der Waals surface area contributed by atoms with Gasteiger partial charge in [-0.15, -0.1) is 0 Å². The van der Waals surface area contributed by atoms with Gasteiger partial charge in [0.05, 0.1) is 5.69 Å². The van der Waals surface area contributed by atoms with Crippen LogP contribution in [-0.4, -0.2) is 16.1 Å². The lowest BCUT2D eigenvalue weighted by molar-refractivity contribution is -0.126. The van der Waals surface area contributed by atoms with Crippen LogP contribution in [0.5, 0.6) is 5.75 Å². The highest BCUT2D eigenvalue weighted by atomic mass is 32.1. The third kappa shape index (κ3) is 4.00. The molecule has 18 heavy (non-hydrogen) atoms. The Morgan fingerprint density at radius 3 is 2.50 bits per heavy atom. The number of carbonyl (C=O) groups excluding carboxylic acids is 1. The Hall–Kier alpha value is -1.62. The van der Waals surface area contributed by atoms with Crippen molar-refractivity contribution in [3.8, 4) is 5.75 Å². The van der Waals surface area contributed by atoms with Crippen LogP contribution in [0.1, 0.15) is 26.3 Å². The number of rotatable bonds is 1. The first-order chi connectivity index (χ1) is 8.20. The predicted molar refractivity (Wildman–Crippen MR) is 76.7 cm³/mol. The zero-order chi connectivity index (χ0) is 13.9. The number of aromatic hydroxyl groups is 1. The van der Waals surface area contributed by atoms with E-state index in [9.17, 15) is 9.90 Å². The van der Waals surface area contributed by atoms with Crippen molar-refractivity contribution >= 4 is 28.9 Å². The summed E-state index contributed by atoms with van der Waals surface area (Å²) in [7, 11) is 0. The number of phenolic OH excluding ortho intramolecular Hbond substituents is 1. The molecule has 4 nitrogen and oxygen atoms in total. The first-order valence-corrected chi connectivity index (χ1v) is 6.03. The van der Waals surface area contributed by atoms with Gasteiger partial charge in [0.15, 0.2) is 5.11 Å². The zero-order valence-electron chi connectivity index (χ0n) is 11.0. The lowest BCUT2D eigenvalue weighted by atomic mass is 9.96. The van der Waals surface area contributed by atoms with Crippen molar-refractivity contribution in [2.45, 2.75) is 27.7 Å². The van der Waals surface area contributed by atoms with Crippen molar-refractivity contribution in [2.24, 2.45) is 5.41 Å². The Morgan fingerprint density at radius 2 is 1.94 bits per heavy atom. The molecule has 1 amide bonds. The summed E-state index contributed by atoms with van der Waals surface area (Å²) in [5.41, 5.74) is 0.954. The number of nitrogens with one attached hydrogen (secondary N) is 2. The highest BCUT2D eigenvalue weighted by Gasteiger charge is 2.22. The fourth-order valence-electron chi connectivity index (χ4n) is 1.19. The molecule has 0 aliphatic rings. The van der Waals surface area contributed by atoms with Crippen molar-refractivity contribution < 1.29 is 9.90 Å². The number of hydrogen-bond acceptors (Lipinski definition) is 3. The molecule has 1 aromatic rings. The van der Waals surface area contributed by atoms with Crippen molar-refractivity contribution in [3.63, 3.8) is 0 Å². The summed E-state index contributed by atoms with van der Waals surface area (Å²) in [6.45, 7) is 7.31. The van der Waals surface area contributed by atoms with E-state index in [2.05, 4.69) is 10.6 Å². The molecular formula is C13H18N2O2S. The van der Waals surface area contributed by atoms with Crippen molar-refractivity contribution in [1.29, 1.82) is 0 Å². The van der Waals surface area contributed by atoms with Gasteiger partial charge in [-0.05, 0) is 36.8 Å². The van der Waals surface area contributed by atoms with Crippen LogP contribution in [0.3, 0.4) is 0 Å². The number of carbonyl (C=O) groups is 1. The molecule has 0 atom stereocenters. The number of benzene rings is 1. The Labute approximate surface area is 112 Å². The van der Waals surface area contributed by atoms with Crippen LogP contribution >= 0.6 is 12.2 Å². The van der Waals surface area contributed by atoms with Crippen LogP contribution in [0.4, 0.5) is 5.69 Å². The topological polar surface area (TPSA) is 61.4 Å². The van der Waals surface area contributed by atoms with Gasteiger partial charge in [0.25, 0.3) is 0 Å². The molecule has 0 bridgehead atoms. The van der Waals surface area contributed by atoms with Gasteiger partial charge < -0.3 is 15.7 Å². The SMILES string of the molecule is Cc1ccc(O)c(NC(=S)NC(=O)C(C)(C)C)c1. The monoisotopic (exact) mass is 266 g/mol. The molecule has 0 aliphatic heterocycles. The third-order valence-corrected chi connectivity index (χ3v) is 2.51. The van der Waals surface area contributed by atoms with Gasteiger partial charge in [-0.2, -0.15) is 0 Å². The molecule has 5 heteroatoms. The van der Waals surface area contributed by atoms with Crippen molar-refractivity contribution in [3.05, 3.63) is 23.8 Å². The van der Waals surface area contributed by atoms with Crippen LogP contribution in [0.2, 0.25) is 0 Å². The molecule has 0 saturated carbocycles. The summed E-state index contributed by atoms with van der Waals surface area (Å²) in [6, 6.07) is 5.12. The Bertz CT molecular complexity index is 478. The van der Waals surface area contributed by atoms with Crippen molar-refractivity contribution in [2.75, 3.05) is 5.32 Å². The Morgan fingerprint density at radius 1 is 1.33 bits per heavy atom. The predicted octanol–water partition coefficient (Wildman–Crippen LogP) is 2.56. The second-order valence-electron chi connectivity index (χ2n) is 5.18. The van der Waals surface area contributed by atoms with Gasteiger partial charge in [0.1, 0.15) is 5.75 Å². The summed E-state index contributed by atoms with van der Waals surface area (Å²) in [6.07, 6.45) is 0. The quantitative estimate of drug-likeness (QED) is 0.540. The molecule has 0 fully saturated rings. The van der Waals surface area contributed by atoms with Crippen LogP contribution in [0, 0.1) is 12.3 Å². The first kappa shape index (κ1) is 14.4. The van der Waals surface area contributed by atoms with E-state index in [0.717, 1.165) is 5.56 Å². The maximum absolute atomic E-state index is 11.7. The van der Waals surface area contributed by atoms with E-state index < -0.39 is 5.41 Å². The molecule has 0 saturated heterocycles. The fraction of sp³-hybridized carbons (Fsp3) is 0.385. The van der Waals surface area contributed by atoms with E-state index >= 15 is 0 Å². The minimum Gasteiger partial charge on any atom is -0.506 e. The molecular weight excluding hydrogens is 248 g/mol. The normalized spacial score (nSPS) is 10.9. The molecule has 0 unspecified atom stereocenters. The molecule has 0 aromatic heterocycles. The summed E-state index contributed by atoms with van der Waals surface area (Å²) in [5.74, 6) is -0.0832. The third-order valence-electron chi connectivity index (χ3n) is 2.31. The molecule has 1 rings (SSSR count). The average Bonchev–Trinajstić information content (AvgIpc) is 2.22. The largest absolute Gasteiger partial charge is 0.506 e. The van der Waals surface area contributed by atoms with E-state index in [0.29, 0.717) is 5.69 Å². The van der Waals surface area contributed by atoms with E-state index in [1.807, 2.05) is 6.92 Å². The lowest BCUT2D eigenvalue weighted by Gasteiger charge is -2.19. The molecule has 0 heterocycles. The molecule has 1 aromatic carbocycles. The number of anilines is 1. The van der Waals surface area contributed by atoms with E-state index in [1.165, 1.54) is 0 Å². The summed E-state index contributed by atoms with van der Waals surface area (Å²) < 4.78 is 0. The van der Waals surface area contributed by atoms with Crippen LogP contribution in [0.25, 0.3) is 0 Å². The van der Waals surface area contributed by atoms with Gasteiger partial charge in [-0.3, -0.25) is 4.79 Å². The zero-order valence-corrected chi connectivity index (χ0v) is 11.8. The highest BCUT2D eigenvalue weighted by molar-refractivity contribution is 7.80. The number of phenols is 1. The average molecular weight is 266 g/mol. The standard InChI is InChI=1S/C13H18N2O2S/c1-8-5-6-10(16)9(7-8)14-12(18)15-11(17)13(2,3)4/h5-7,16H,1-4H3,(H2,14,15,17,18). The van der Waals surface area contributed by atoms with Crippen LogP contribution in [0.15, 0.2) is 18.2 Å². The fourth-order valence-corrected chi connectivity index (χ4v) is 1.40. The van der Waals surface area contributed by atoms with E-state index in [1.54, 1.807) is 39.0 Å². The summed E-state index contributed by atoms with van der Waals surface area (Å²) >= 11 is 5.03. The smallest absolute Gasteiger partial charge is 0.231 e. The van der Waals surface area contributed by atoms with Gasteiger partial charge in [-0.1, -0.05) is 26.8 Å². The molecule has 0 radical (unpaired) electrons. The molecule has 3 N–H and O–H groups in total. The van der Waals surface area contributed by atoms with Crippen molar-refractivity contribution in [1.82, 2.24) is 5.32 Å². The van der Waals surface area contributed by atoms with Gasteiger partial charge in [-0.25, -0.2) is 0 Å².